The Labute approximate surface area is 136 Å². The van der Waals surface area contributed by atoms with Gasteiger partial charge in [-0.05, 0) is 46.3 Å². The highest BCUT2D eigenvalue weighted by molar-refractivity contribution is 5.76. The number of likely N-dealkylation sites (N-methyl/N-ethyl adjacent to an activating group) is 1. The second kappa shape index (κ2) is 6.80. The molecule has 1 aromatic rings. The van der Waals surface area contributed by atoms with Crippen LogP contribution in [0.1, 0.15) is 24.1 Å². The van der Waals surface area contributed by atoms with Gasteiger partial charge in [-0.2, -0.15) is 5.10 Å². The largest absolute Gasteiger partial charge is 0.387 e. The number of carbonyl (C=O) groups excluding carboxylic acids is 1. The number of aryl methyl sites for hydroxylation is 2. The predicted octanol–water partition coefficient (Wildman–Crippen LogP) is -0.225. The van der Waals surface area contributed by atoms with Crippen molar-refractivity contribution in [2.45, 2.75) is 38.8 Å². The van der Waals surface area contributed by atoms with Crippen LogP contribution in [0.4, 0.5) is 0 Å². The van der Waals surface area contributed by atoms with E-state index in [1.54, 1.807) is 4.90 Å². The lowest BCUT2D eigenvalue weighted by atomic mass is 9.92. The first-order valence-electron chi connectivity index (χ1n) is 7.90. The lowest BCUT2D eigenvalue weighted by Crippen LogP contribution is -2.55. The normalized spacial score (nSPS) is 21.7. The van der Waals surface area contributed by atoms with Gasteiger partial charge in [0.05, 0.1) is 17.8 Å². The van der Waals surface area contributed by atoms with E-state index in [2.05, 4.69) is 5.10 Å². The average molecular weight is 322 g/mol. The molecule has 7 heteroatoms. The summed E-state index contributed by atoms with van der Waals surface area (Å²) in [5, 5.41) is 14.8. The van der Waals surface area contributed by atoms with Gasteiger partial charge >= 0.3 is 0 Å². The van der Waals surface area contributed by atoms with Crippen molar-refractivity contribution in [1.82, 2.24) is 19.6 Å². The van der Waals surface area contributed by atoms with Gasteiger partial charge in [0.25, 0.3) is 5.56 Å². The molecule has 2 rings (SSSR count). The third-order valence-corrected chi connectivity index (χ3v) is 4.24. The quantitative estimate of drug-likeness (QED) is 0.829. The molecule has 1 saturated heterocycles. The van der Waals surface area contributed by atoms with Crippen molar-refractivity contribution in [1.29, 1.82) is 0 Å². The van der Waals surface area contributed by atoms with Crippen LogP contribution in [0.25, 0.3) is 0 Å². The summed E-state index contributed by atoms with van der Waals surface area (Å²) in [5.74, 6) is -0.181. The van der Waals surface area contributed by atoms with Gasteiger partial charge in [0, 0.05) is 19.2 Å². The number of aromatic nitrogens is 2. The van der Waals surface area contributed by atoms with Crippen LogP contribution < -0.4 is 5.56 Å². The van der Waals surface area contributed by atoms with Gasteiger partial charge in [0.1, 0.15) is 6.54 Å². The maximum atomic E-state index is 12.5. The minimum absolute atomic E-state index is 0.0853. The Bertz CT molecular complexity index is 641. The molecule has 1 aliphatic heterocycles. The first-order chi connectivity index (χ1) is 10.7. The van der Waals surface area contributed by atoms with E-state index >= 15 is 0 Å². The van der Waals surface area contributed by atoms with Crippen LogP contribution in [-0.2, 0) is 11.3 Å². The van der Waals surface area contributed by atoms with Crippen molar-refractivity contribution >= 4 is 5.91 Å². The summed E-state index contributed by atoms with van der Waals surface area (Å²) >= 11 is 0. The number of carbonyl (C=O) groups is 1. The monoisotopic (exact) mass is 322 g/mol. The molecule has 0 bridgehead atoms. The molecule has 7 nitrogen and oxygen atoms in total. The molecular weight excluding hydrogens is 296 g/mol. The van der Waals surface area contributed by atoms with Gasteiger partial charge in [0.2, 0.25) is 5.91 Å². The Hall–Kier alpha value is -1.73. The molecule has 1 fully saturated rings. The van der Waals surface area contributed by atoms with Crippen molar-refractivity contribution in [3.8, 4) is 0 Å². The molecule has 1 atom stereocenters. The highest BCUT2D eigenvalue weighted by Crippen LogP contribution is 2.22. The molecule has 0 spiro atoms. The van der Waals surface area contributed by atoms with Crippen molar-refractivity contribution in [3.05, 3.63) is 27.7 Å². The molecular formula is C16H26N4O3. The van der Waals surface area contributed by atoms with E-state index in [-0.39, 0.29) is 18.0 Å². The fourth-order valence-corrected chi connectivity index (χ4v) is 3.06. The number of aliphatic hydroxyl groups is 1. The molecule has 0 saturated carbocycles. The summed E-state index contributed by atoms with van der Waals surface area (Å²) < 4.78 is 1.20. The smallest absolute Gasteiger partial charge is 0.267 e. The number of amides is 1. The molecule has 0 radical (unpaired) electrons. The van der Waals surface area contributed by atoms with Crippen LogP contribution in [0.2, 0.25) is 0 Å². The van der Waals surface area contributed by atoms with Crippen LogP contribution >= 0.6 is 0 Å². The fraction of sp³-hybridized carbons (Fsp3) is 0.688. The Morgan fingerprint density at radius 2 is 2.13 bits per heavy atom. The number of rotatable bonds is 4. The summed E-state index contributed by atoms with van der Waals surface area (Å²) in [7, 11) is 3.80. The maximum Gasteiger partial charge on any atom is 0.267 e. The van der Waals surface area contributed by atoms with E-state index in [0.717, 1.165) is 17.7 Å². The van der Waals surface area contributed by atoms with Crippen LogP contribution in [0.3, 0.4) is 0 Å². The zero-order valence-corrected chi connectivity index (χ0v) is 14.4. The van der Waals surface area contributed by atoms with E-state index in [9.17, 15) is 14.7 Å². The molecule has 1 N–H and O–H groups in total. The number of hydrogen-bond donors (Lipinski definition) is 1. The molecule has 0 aliphatic carbocycles. The second-order valence-corrected chi connectivity index (χ2v) is 6.79. The van der Waals surface area contributed by atoms with E-state index in [1.807, 2.05) is 32.8 Å². The van der Waals surface area contributed by atoms with Crippen molar-refractivity contribution in [3.63, 3.8) is 0 Å². The summed E-state index contributed by atoms with van der Waals surface area (Å²) in [6.07, 6.45) is 1.43. The molecule has 128 valence electrons. The highest BCUT2D eigenvalue weighted by Gasteiger charge is 2.35. The number of likely N-dealkylation sites (tertiary alicyclic amines) is 1. The summed E-state index contributed by atoms with van der Waals surface area (Å²) in [4.78, 5) is 28.0. The standard InChI is InChI=1S/C16H26N4O3/c1-12-8-14(21)20(17-13(12)2)9-15(22)19-7-5-6-16(23,11-19)10-18(3)4/h8,23H,5-7,9-11H2,1-4H3. The van der Waals surface area contributed by atoms with E-state index < -0.39 is 5.60 Å². The Morgan fingerprint density at radius 3 is 2.78 bits per heavy atom. The molecule has 0 aromatic carbocycles. The van der Waals surface area contributed by atoms with Gasteiger partial charge in [-0.15, -0.1) is 0 Å². The van der Waals surface area contributed by atoms with Crippen LogP contribution in [-0.4, -0.2) is 69.9 Å². The van der Waals surface area contributed by atoms with E-state index in [4.69, 9.17) is 0 Å². The molecule has 2 heterocycles. The molecule has 1 amide bonds. The summed E-state index contributed by atoms with van der Waals surface area (Å²) in [6.45, 7) is 4.96. The first kappa shape index (κ1) is 17.6. The van der Waals surface area contributed by atoms with Gasteiger partial charge in [-0.25, -0.2) is 4.68 Å². The van der Waals surface area contributed by atoms with E-state index in [1.165, 1.54) is 10.7 Å². The molecule has 1 unspecified atom stereocenters. The average Bonchev–Trinajstić information content (AvgIpc) is 2.43. The third-order valence-electron chi connectivity index (χ3n) is 4.24. The maximum absolute atomic E-state index is 12.5. The molecule has 1 aliphatic rings. The Kier molecular flexibility index (Phi) is 5.21. The SMILES string of the molecule is Cc1cc(=O)n(CC(=O)N2CCCC(O)(CN(C)C)C2)nc1C. The van der Waals surface area contributed by atoms with Crippen molar-refractivity contribution < 1.29 is 9.90 Å². The van der Waals surface area contributed by atoms with Crippen LogP contribution in [0.15, 0.2) is 10.9 Å². The zero-order chi connectivity index (χ0) is 17.2. The Balaban J connectivity index is 2.09. The zero-order valence-electron chi connectivity index (χ0n) is 14.4. The van der Waals surface area contributed by atoms with Crippen LogP contribution in [0, 0.1) is 13.8 Å². The third kappa shape index (κ3) is 4.39. The fourth-order valence-electron chi connectivity index (χ4n) is 3.06. The number of nitrogens with zero attached hydrogens (tertiary/aromatic N) is 4. The molecule has 1 aromatic heterocycles. The molecule has 23 heavy (non-hydrogen) atoms. The van der Waals surface area contributed by atoms with Gasteiger partial charge < -0.3 is 14.9 Å². The number of hydrogen-bond acceptors (Lipinski definition) is 5. The van der Waals surface area contributed by atoms with Gasteiger partial charge in [-0.1, -0.05) is 0 Å². The number of β-amino-alcohol motifs (C(OH)–C–C–N with tert-alkyl or cyclic N) is 1. The van der Waals surface area contributed by atoms with Crippen LogP contribution in [0.5, 0.6) is 0 Å². The topological polar surface area (TPSA) is 78.7 Å². The Morgan fingerprint density at radius 1 is 1.43 bits per heavy atom. The lowest BCUT2D eigenvalue weighted by molar-refractivity contribution is -0.140. The minimum Gasteiger partial charge on any atom is -0.387 e. The van der Waals surface area contributed by atoms with Crippen molar-refractivity contribution in [2.75, 3.05) is 33.7 Å². The van der Waals surface area contributed by atoms with Crippen molar-refractivity contribution in [2.24, 2.45) is 0 Å². The van der Waals surface area contributed by atoms with Gasteiger partial charge in [0.15, 0.2) is 0 Å². The number of piperidine rings is 1. The second-order valence-electron chi connectivity index (χ2n) is 6.79. The van der Waals surface area contributed by atoms with E-state index in [0.29, 0.717) is 26.1 Å². The highest BCUT2D eigenvalue weighted by atomic mass is 16.3. The summed E-state index contributed by atoms with van der Waals surface area (Å²) in [6, 6.07) is 1.49. The first-order valence-corrected chi connectivity index (χ1v) is 7.90. The predicted molar refractivity (Wildman–Crippen MR) is 87.3 cm³/mol. The lowest BCUT2D eigenvalue weighted by Gasteiger charge is -2.40. The summed E-state index contributed by atoms with van der Waals surface area (Å²) in [5.41, 5.74) is 0.387. The van der Waals surface area contributed by atoms with Gasteiger partial charge in [-0.3, -0.25) is 9.59 Å². The minimum atomic E-state index is -0.890.